The average molecular weight is 345 g/mol. The third-order valence-corrected chi connectivity index (χ3v) is 8.51. The molecule has 0 spiro atoms. The molecule has 0 radical (unpaired) electrons. The van der Waals surface area contributed by atoms with E-state index < -0.39 is 0 Å². The fourth-order valence-electron chi connectivity index (χ4n) is 6.98. The molecule has 0 aromatic heterocycles. The SMILES string of the molecule is C#CC1(OCSC)CCC2C3CCC4=CCCCC4C3CCC21C. The summed E-state index contributed by atoms with van der Waals surface area (Å²) in [5.41, 5.74) is 1.69. The molecule has 24 heavy (non-hydrogen) atoms. The zero-order chi connectivity index (χ0) is 16.8. The van der Waals surface area contributed by atoms with Crippen LogP contribution in [0.5, 0.6) is 0 Å². The first-order valence-corrected chi connectivity index (χ1v) is 11.3. The Balaban J connectivity index is 1.61. The van der Waals surface area contributed by atoms with Crippen molar-refractivity contribution in [2.75, 3.05) is 12.2 Å². The molecule has 0 aliphatic heterocycles. The Bertz CT molecular complexity index is 561. The van der Waals surface area contributed by atoms with Gasteiger partial charge in [-0.3, -0.25) is 0 Å². The third-order valence-electron chi connectivity index (χ3n) is 8.15. The smallest absolute Gasteiger partial charge is 0.135 e. The highest BCUT2D eigenvalue weighted by molar-refractivity contribution is 7.98. The van der Waals surface area contributed by atoms with Crippen LogP contribution >= 0.6 is 11.8 Å². The summed E-state index contributed by atoms with van der Waals surface area (Å²) in [6, 6.07) is 0. The number of ether oxygens (including phenoxy) is 1. The van der Waals surface area contributed by atoms with Crippen LogP contribution in [0.15, 0.2) is 11.6 Å². The van der Waals surface area contributed by atoms with Crippen LogP contribution in [0.1, 0.15) is 64.7 Å². The van der Waals surface area contributed by atoms with Crippen LogP contribution in [0.25, 0.3) is 0 Å². The minimum absolute atomic E-state index is 0.189. The predicted molar refractivity (Wildman–Crippen MR) is 103 cm³/mol. The summed E-state index contributed by atoms with van der Waals surface area (Å²) in [5.74, 6) is 7.38. The van der Waals surface area contributed by atoms with Gasteiger partial charge in [-0.15, -0.1) is 18.2 Å². The van der Waals surface area contributed by atoms with Crippen molar-refractivity contribution in [2.24, 2.45) is 29.1 Å². The van der Waals surface area contributed by atoms with Crippen LogP contribution in [-0.4, -0.2) is 17.8 Å². The maximum Gasteiger partial charge on any atom is 0.135 e. The van der Waals surface area contributed by atoms with Gasteiger partial charge in [0.05, 0.1) is 5.94 Å². The van der Waals surface area contributed by atoms with E-state index in [1.807, 2.05) is 5.57 Å². The van der Waals surface area contributed by atoms with Gasteiger partial charge >= 0.3 is 0 Å². The topological polar surface area (TPSA) is 9.23 Å². The zero-order valence-electron chi connectivity index (χ0n) is 15.4. The van der Waals surface area contributed by atoms with Gasteiger partial charge in [-0.1, -0.05) is 24.5 Å². The number of thioether (sulfide) groups is 1. The Morgan fingerprint density at radius 1 is 1.25 bits per heavy atom. The van der Waals surface area contributed by atoms with Crippen LogP contribution in [0.3, 0.4) is 0 Å². The molecule has 4 aliphatic carbocycles. The fourth-order valence-corrected chi connectivity index (χ4v) is 7.30. The van der Waals surface area contributed by atoms with Gasteiger partial charge in [0.2, 0.25) is 0 Å². The Kier molecular flexibility index (Phi) is 4.55. The molecule has 0 bridgehead atoms. The van der Waals surface area contributed by atoms with E-state index in [0.717, 1.165) is 36.0 Å². The molecule has 132 valence electrons. The second kappa shape index (κ2) is 6.40. The van der Waals surface area contributed by atoms with E-state index >= 15 is 0 Å². The lowest BCUT2D eigenvalue weighted by Crippen LogP contribution is -2.53. The molecule has 0 aromatic carbocycles. The molecule has 3 saturated carbocycles. The summed E-state index contributed by atoms with van der Waals surface area (Å²) in [5, 5.41) is 0. The molecular formula is C22H32OS. The van der Waals surface area contributed by atoms with Crippen LogP contribution in [0.2, 0.25) is 0 Å². The van der Waals surface area contributed by atoms with Crippen molar-refractivity contribution < 1.29 is 4.74 Å². The van der Waals surface area contributed by atoms with Gasteiger partial charge in [0.25, 0.3) is 0 Å². The Morgan fingerprint density at radius 2 is 2.12 bits per heavy atom. The van der Waals surface area contributed by atoms with Crippen molar-refractivity contribution in [1.29, 1.82) is 0 Å². The van der Waals surface area contributed by atoms with Gasteiger partial charge in [0.1, 0.15) is 5.60 Å². The second-order valence-corrected chi connectivity index (χ2v) is 9.62. The van der Waals surface area contributed by atoms with E-state index in [1.54, 1.807) is 11.8 Å². The average Bonchev–Trinajstić information content (AvgIpc) is 2.92. The molecule has 2 heteroatoms. The molecule has 0 amide bonds. The third kappa shape index (κ3) is 2.34. The molecule has 0 N–H and O–H groups in total. The minimum Gasteiger partial charge on any atom is -0.351 e. The van der Waals surface area contributed by atoms with Crippen molar-refractivity contribution in [2.45, 2.75) is 70.3 Å². The molecule has 1 nitrogen and oxygen atoms in total. The largest absolute Gasteiger partial charge is 0.351 e. The monoisotopic (exact) mass is 344 g/mol. The lowest BCUT2D eigenvalue weighted by molar-refractivity contribution is -0.108. The standard InChI is InChI=1S/C22H32OS/c1-4-22(23-15-24-3)14-12-20-19-10-9-16-7-5-6-8-17(16)18(19)11-13-21(20,22)2/h1,7,17-20H,5-6,8-15H2,2-3H3. The molecule has 0 saturated heterocycles. The number of hydrogen-bond donors (Lipinski definition) is 0. The molecule has 4 aliphatic rings. The van der Waals surface area contributed by atoms with Gasteiger partial charge in [0.15, 0.2) is 0 Å². The van der Waals surface area contributed by atoms with Crippen LogP contribution in [0, 0.1) is 41.4 Å². The molecule has 0 aromatic rings. The van der Waals surface area contributed by atoms with E-state index in [4.69, 9.17) is 11.2 Å². The van der Waals surface area contributed by atoms with Crippen molar-refractivity contribution in [1.82, 2.24) is 0 Å². The van der Waals surface area contributed by atoms with Gasteiger partial charge in [-0.25, -0.2) is 0 Å². The predicted octanol–water partition coefficient (Wildman–Crippen LogP) is 5.66. The molecule has 6 atom stereocenters. The lowest BCUT2D eigenvalue weighted by atomic mass is 9.50. The maximum absolute atomic E-state index is 6.36. The molecule has 6 unspecified atom stereocenters. The lowest BCUT2D eigenvalue weighted by Gasteiger charge is -2.55. The van der Waals surface area contributed by atoms with E-state index in [1.165, 1.54) is 51.4 Å². The summed E-state index contributed by atoms with van der Waals surface area (Å²) in [6.07, 6.45) is 22.7. The number of rotatable bonds is 3. The van der Waals surface area contributed by atoms with E-state index in [2.05, 4.69) is 25.2 Å². The Hall–Kier alpha value is -0.390. The normalized spacial score (nSPS) is 47.1. The summed E-state index contributed by atoms with van der Waals surface area (Å²) in [7, 11) is 0. The number of terminal acetylenes is 1. The molecule has 3 fully saturated rings. The van der Waals surface area contributed by atoms with Gasteiger partial charge in [0, 0.05) is 5.41 Å². The highest BCUT2D eigenvalue weighted by Gasteiger charge is 2.63. The van der Waals surface area contributed by atoms with E-state index in [-0.39, 0.29) is 11.0 Å². The van der Waals surface area contributed by atoms with Crippen molar-refractivity contribution in [3.63, 3.8) is 0 Å². The summed E-state index contributed by atoms with van der Waals surface area (Å²) in [6.45, 7) is 2.47. The highest BCUT2D eigenvalue weighted by Crippen LogP contribution is 2.65. The van der Waals surface area contributed by atoms with Gasteiger partial charge < -0.3 is 4.74 Å². The van der Waals surface area contributed by atoms with Crippen LogP contribution in [-0.2, 0) is 4.74 Å². The molecular weight excluding hydrogens is 312 g/mol. The first-order valence-electron chi connectivity index (χ1n) is 9.95. The summed E-state index contributed by atoms with van der Waals surface area (Å²) >= 11 is 1.75. The van der Waals surface area contributed by atoms with Crippen LogP contribution in [0.4, 0.5) is 0 Å². The Morgan fingerprint density at radius 3 is 2.92 bits per heavy atom. The maximum atomic E-state index is 6.36. The van der Waals surface area contributed by atoms with Crippen molar-refractivity contribution in [3.05, 3.63) is 11.6 Å². The van der Waals surface area contributed by atoms with Crippen LogP contribution < -0.4 is 0 Å². The first kappa shape index (κ1) is 17.0. The number of fused-ring (bicyclic) bond motifs is 5. The Labute approximate surface area is 152 Å². The molecule has 4 rings (SSSR count). The number of hydrogen-bond acceptors (Lipinski definition) is 2. The summed E-state index contributed by atoms with van der Waals surface area (Å²) in [4.78, 5) is 0. The van der Waals surface area contributed by atoms with E-state index in [0.29, 0.717) is 0 Å². The summed E-state index contributed by atoms with van der Waals surface area (Å²) < 4.78 is 6.36. The zero-order valence-corrected chi connectivity index (χ0v) is 16.2. The second-order valence-electron chi connectivity index (χ2n) is 8.81. The fraction of sp³-hybridized carbons (Fsp3) is 0.818. The van der Waals surface area contributed by atoms with Crippen molar-refractivity contribution in [3.8, 4) is 12.3 Å². The van der Waals surface area contributed by atoms with E-state index in [9.17, 15) is 0 Å². The van der Waals surface area contributed by atoms with Gasteiger partial charge in [-0.2, -0.15) is 0 Å². The quantitative estimate of drug-likeness (QED) is 0.371. The first-order chi connectivity index (χ1) is 11.6. The highest BCUT2D eigenvalue weighted by atomic mass is 32.2. The minimum atomic E-state index is -0.311. The van der Waals surface area contributed by atoms with Crippen molar-refractivity contribution >= 4 is 11.8 Å². The van der Waals surface area contributed by atoms with Gasteiger partial charge in [-0.05, 0) is 87.7 Å². The molecule has 0 heterocycles. The number of allylic oxidation sites excluding steroid dienone is 2.